The highest BCUT2D eigenvalue weighted by Crippen LogP contribution is 2.40. The predicted octanol–water partition coefficient (Wildman–Crippen LogP) is 6.45. The number of aliphatic hydroxyl groups excluding tert-OH is 1. The van der Waals surface area contributed by atoms with Crippen molar-refractivity contribution in [1.29, 1.82) is 0 Å². The molecule has 4 aromatic rings. The van der Waals surface area contributed by atoms with Gasteiger partial charge in [0, 0.05) is 12.0 Å². The van der Waals surface area contributed by atoms with Crippen LogP contribution in [0.5, 0.6) is 11.5 Å². The van der Waals surface area contributed by atoms with Gasteiger partial charge in [0.1, 0.15) is 11.4 Å². The van der Waals surface area contributed by atoms with Gasteiger partial charge in [-0.1, -0.05) is 29.5 Å². The van der Waals surface area contributed by atoms with Crippen LogP contribution in [0, 0.1) is 5.82 Å². The summed E-state index contributed by atoms with van der Waals surface area (Å²) in [7, 11) is 0. The zero-order valence-electron chi connectivity index (χ0n) is 20.0. The van der Waals surface area contributed by atoms with Gasteiger partial charge in [-0.15, -0.1) is 0 Å². The Kier molecular flexibility index (Phi) is 6.27. The van der Waals surface area contributed by atoms with Crippen molar-refractivity contribution in [2.75, 3.05) is 12.1 Å². The fourth-order valence-electron chi connectivity index (χ4n) is 3.96. The summed E-state index contributed by atoms with van der Waals surface area (Å²) in [6, 6.07) is 15.4. The third-order valence-electron chi connectivity index (χ3n) is 5.53. The molecule has 9 heteroatoms. The topological polar surface area (TPSA) is 89.9 Å². The van der Waals surface area contributed by atoms with Gasteiger partial charge >= 0.3 is 6.09 Å². The number of carbonyl (C=O) groups is 1. The SMILES string of the molecule is CC(C)(C)OC(=O)Nc1nc2c(-c3ccc4c(c3)OCO4)cc(CC(O)c3ccc(F)cc3)cc2s1. The molecule has 1 aliphatic heterocycles. The fraction of sp³-hybridized carbons (Fsp3) is 0.259. The lowest BCUT2D eigenvalue weighted by Gasteiger charge is -2.18. The number of ether oxygens (including phenoxy) is 3. The summed E-state index contributed by atoms with van der Waals surface area (Å²) in [5, 5.41) is 13.9. The molecule has 0 fully saturated rings. The van der Waals surface area contributed by atoms with Crippen molar-refractivity contribution in [2.24, 2.45) is 0 Å². The molecule has 1 aromatic heterocycles. The molecule has 0 bridgehead atoms. The van der Waals surface area contributed by atoms with Crippen LogP contribution in [0.2, 0.25) is 0 Å². The number of rotatable bonds is 5. The first-order chi connectivity index (χ1) is 17.1. The van der Waals surface area contributed by atoms with E-state index in [0.29, 0.717) is 34.1 Å². The number of thiazole rings is 1. The van der Waals surface area contributed by atoms with E-state index in [2.05, 4.69) is 10.3 Å². The van der Waals surface area contributed by atoms with Crippen LogP contribution < -0.4 is 14.8 Å². The minimum Gasteiger partial charge on any atom is -0.454 e. The van der Waals surface area contributed by atoms with Crippen molar-refractivity contribution in [3.8, 4) is 22.6 Å². The number of halogens is 1. The average Bonchev–Trinajstić information content (AvgIpc) is 3.43. The van der Waals surface area contributed by atoms with Crippen molar-refractivity contribution >= 4 is 32.8 Å². The molecular formula is C27H25FN2O5S. The zero-order chi connectivity index (χ0) is 25.4. The Bertz CT molecular complexity index is 1430. The molecule has 0 saturated carbocycles. The Morgan fingerprint density at radius 3 is 2.64 bits per heavy atom. The molecule has 0 spiro atoms. The average molecular weight is 509 g/mol. The van der Waals surface area contributed by atoms with Gasteiger partial charge in [-0.2, -0.15) is 0 Å². The Labute approximate surface area is 211 Å². The van der Waals surface area contributed by atoms with Crippen molar-refractivity contribution in [3.63, 3.8) is 0 Å². The van der Waals surface area contributed by atoms with Crippen molar-refractivity contribution in [2.45, 2.75) is 38.9 Å². The lowest BCUT2D eigenvalue weighted by molar-refractivity contribution is 0.0636. The zero-order valence-corrected chi connectivity index (χ0v) is 20.8. The number of hydrogen-bond donors (Lipinski definition) is 2. The first-order valence-corrected chi connectivity index (χ1v) is 12.2. The Balaban J connectivity index is 1.53. The van der Waals surface area contributed by atoms with Crippen LogP contribution in [0.1, 0.15) is 38.0 Å². The maximum atomic E-state index is 13.3. The third kappa shape index (κ3) is 5.27. The van der Waals surface area contributed by atoms with Crippen LogP contribution in [-0.4, -0.2) is 28.6 Å². The van der Waals surface area contributed by atoms with Gasteiger partial charge in [0.25, 0.3) is 0 Å². The molecule has 3 aromatic carbocycles. The first kappa shape index (κ1) is 24.0. The number of benzene rings is 3. The molecular weight excluding hydrogens is 483 g/mol. The monoisotopic (exact) mass is 508 g/mol. The summed E-state index contributed by atoms with van der Waals surface area (Å²) in [6.45, 7) is 5.54. The van der Waals surface area contributed by atoms with E-state index in [9.17, 15) is 14.3 Å². The van der Waals surface area contributed by atoms with Crippen LogP contribution in [0.3, 0.4) is 0 Å². The lowest BCUT2D eigenvalue weighted by Crippen LogP contribution is -2.27. The van der Waals surface area contributed by atoms with Crippen molar-refractivity contribution in [1.82, 2.24) is 4.98 Å². The van der Waals surface area contributed by atoms with Gasteiger partial charge in [0.05, 0.1) is 16.3 Å². The molecule has 0 aliphatic carbocycles. The summed E-state index contributed by atoms with van der Waals surface area (Å²) in [5.41, 5.74) is 3.22. The first-order valence-electron chi connectivity index (χ1n) is 11.4. The number of aliphatic hydroxyl groups is 1. The van der Waals surface area contributed by atoms with E-state index in [1.807, 2.05) is 30.3 Å². The van der Waals surface area contributed by atoms with Gasteiger partial charge in [0.15, 0.2) is 16.6 Å². The molecule has 2 heterocycles. The molecule has 1 amide bonds. The quantitative estimate of drug-likeness (QED) is 0.322. The molecule has 5 rings (SSSR count). The van der Waals surface area contributed by atoms with Gasteiger partial charge in [-0.05, 0) is 73.9 Å². The molecule has 36 heavy (non-hydrogen) atoms. The molecule has 1 atom stereocenters. The highest BCUT2D eigenvalue weighted by atomic mass is 32.1. The second-order valence-corrected chi connectivity index (χ2v) is 10.5. The largest absolute Gasteiger partial charge is 0.454 e. The molecule has 186 valence electrons. The Hall–Kier alpha value is -3.69. The minimum atomic E-state index is -0.820. The minimum absolute atomic E-state index is 0.165. The number of fused-ring (bicyclic) bond motifs is 2. The predicted molar refractivity (Wildman–Crippen MR) is 136 cm³/mol. The number of amides is 1. The maximum absolute atomic E-state index is 13.3. The second-order valence-electron chi connectivity index (χ2n) is 9.48. The van der Waals surface area contributed by atoms with Gasteiger partial charge in [0.2, 0.25) is 6.79 Å². The third-order valence-corrected chi connectivity index (χ3v) is 6.45. The van der Waals surface area contributed by atoms with Crippen molar-refractivity contribution in [3.05, 3.63) is 71.5 Å². The number of hydrogen-bond acceptors (Lipinski definition) is 7. The summed E-state index contributed by atoms with van der Waals surface area (Å²) < 4.78 is 30.5. The highest BCUT2D eigenvalue weighted by Gasteiger charge is 2.21. The normalized spacial score (nSPS) is 13.6. The van der Waals surface area contributed by atoms with Gasteiger partial charge in [-0.25, -0.2) is 14.2 Å². The lowest BCUT2D eigenvalue weighted by atomic mass is 9.96. The van der Waals surface area contributed by atoms with E-state index in [1.165, 1.54) is 23.5 Å². The van der Waals surface area contributed by atoms with E-state index in [0.717, 1.165) is 21.4 Å². The van der Waals surface area contributed by atoms with E-state index in [1.54, 1.807) is 32.9 Å². The molecule has 7 nitrogen and oxygen atoms in total. The smallest absolute Gasteiger partial charge is 0.413 e. The molecule has 2 N–H and O–H groups in total. The Morgan fingerprint density at radius 2 is 1.89 bits per heavy atom. The van der Waals surface area contributed by atoms with E-state index < -0.39 is 17.8 Å². The summed E-state index contributed by atoms with van der Waals surface area (Å²) >= 11 is 1.31. The maximum Gasteiger partial charge on any atom is 0.413 e. The van der Waals surface area contributed by atoms with Crippen LogP contribution in [-0.2, 0) is 11.2 Å². The highest BCUT2D eigenvalue weighted by molar-refractivity contribution is 7.22. The van der Waals surface area contributed by atoms with E-state index >= 15 is 0 Å². The number of nitrogens with zero attached hydrogens (tertiary/aromatic N) is 1. The summed E-state index contributed by atoms with van der Waals surface area (Å²) in [4.78, 5) is 17.0. The Morgan fingerprint density at radius 1 is 1.14 bits per heavy atom. The molecule has 0 radical (unpaired) electrons. The number of carbonyl (C=O) groups excluding carboxylic acids is 1. The van der Waals surface area contributed by atoms with Crippen LogP contribution >= 0.6 is 11.3 Å². The summed E-state index contributed by atoms with van der Waals surface area (Å²) in [5.74, 6) is 0.954. The van der Waals surface area contributed by atoms with Gasteiger partial charge < -0.3 is 19.3 Å². The van der Waals surface area contributed by atoms with Crippen LogP contribution in [0.25, 0.3) is 21.3 Å². The molecule has 0 saturated heterocycles. The van der Waals surface area contributed by atoms with Crippen molar-refractivity contribution < 1.29 is 28.5 Å². The van der Waals surface area contributed by atoms with E-state index in [4.69, 9.17) is 14.2 Å². The second kappa shape index (κ2) is 9.40. The van der Waals surface area contributed by atoms with Crippen LogP contribution in [0.15, 0.2) is 54.6 Å². The fourth-order valence-corrected chi connectivity index (χ4v) is 4.90. The molecule has 1 aliphatic rings. The van der Waals surface area contributed by atoms with E-state index in [-0.39, 0.29) is 12.6 Å². The number of aromatic nitrogens is 1. The van der Waals surface area contributed by atoms with Crippen LogP contribution in [0.4, 0.5) is 14.3 Å². The standard InChI is InChI=1S/C27H25FN2O5S/c1-27(2,3)35-26(32)30-25-29-24-19(17-6-9-21-22(13-17)34-14-33-21)10-15(12-23(24)36-25)11-20(31)16-4-7-18(28)8-5-16/h4-10,12-13,20,31H,11,14H2,1-3H3,(H,29,30,32). The van der Waals surface area contributed by atoms with Gasteiger partial charge in [-0.3, -0.25) is 5.32 Å². The molecule has 1 unspecified atom stereocenters. The summed E-state index contributed by atoms with van der Waals surface area (Å²) in [6.07, 6.45) is -1.09. The number of anilines is 1. The number of nitrogens with one attached hydrogen (secondary N) is 1.